The summed E-state index contributed by atoms with van der Waals surface area (Å²) >= 11 is 8.71. The van der Waals surface area contributed by atoms with Crippen LogP contribution in [0.1, 0.15) is 34.1 Å². The summed E-state index contributed by atoms with van der Waals surface area (Å²) in [6.07, 6.45) is 0.834. The second kappa shape index (κ2) is 11.4. The molecule has 0 atom stereocenters. The van der Waals surface area contributed by atoms with Gasteiger partial charge in [0, 0.05) is 41.9 Å². The average Bonchev–Trinajstić information content (AvgIpc) is 2.78. The number of piperazine rings is 1. The van der Waals surface area contributed by atoms with Crippen molar-refractivity contribution in [2.75, 3.05) is 45.2 Å². The number of nitrogens with zero attached hydrogens (tertiary/aromatic N) is 2. The Morgan fingerprint density at radius 2 is 1.88 bits per heavy atom. The molecule has 1 fully saturated rings. The van der Waals surface area contributed by atoms with Crippen LogP contribution in [0.5, 0.6) is 5.75 Å². The molecule has 1 heterocycles. The molecule has 3 rings (SSSR count). The fourth-order valence-electron chi connectivity index (χ4n) is 3.27. The smallest absolute Gasteiger partial charge is 0.261 e. The number of hydrogen-bond acceptors (Lipinski definition) is 5. The average molecular weight is 519 g/mol. The fourth-order valence-corrected chi connectivity index (χ4v) is 3.84. The topological polar surface area (TPSA) is 73.9 Å². The Kier molecular flexibility index (Phi) is 8.60. The number of rotatable bonds is 6. The highest BCUT2D eigenvalue weighted by molar-refractivity contribution is 9.10. The summed E-state index contributed by atoms with van der Waals surface area (Å²) < 4.78 is 6.44. The predicted octanol–water partition coefficient (Wildman–Crippen LogP) is 3.75. The van der Waals surface area contributed by atoms with E-state index in [9.17, 15) is 9.59 Å². The molecular weight excluding hydrogens is 492 g/mol. The van der Waals surface area contributed by atoms with Crippen molar-refractivity contribution in [2.24, 2.45) is 0 Å². The number of likely N-dealkylation sites (N-methyl/N-ethyl adjacent to an activating group) is 1. The van der Waals surface area contributed by atoms with Gasteiger partial charge in [-0.3, -0.25) is 14.9 Å². The Balaban J connectivity index is 1.64. The first kappa shape index (κ1) is 24.2. The van der Waals surface area contributed by atoms with Gasteiger partial charge in [0.15, 0.2) is 5.11 Å². The van der Waals surface area contributed by atoms with Crippen molar-refractivity contribution >= 4 is 50.8 Å². The number of thiocarbonyl (C=S) groups is 1. The van der Waals surface area contributed by atoms with E-state index >= 15 is 0 Å². The first-order valence-corrected chi connectivity index (χ1v) is 11.7. The van der Waals surface area contributed by atoms with Gasteiger partial charge in [-0.05, 0) is 62.1 Å². The minimum Gasteiger partial charge on any atom is -0.493 e. The number of benzene rings is 2. The molecule has 2 amide bonds. The van der Waals surface area contributed by atoms with Gasteiger partial charge in [-0.25, -0.2) is 0 Å². The molecule has 0 unspecified atom stereocenters. The van der Waals surface area contributed by atoms with E-state index in [1.807, 2.05) is 17.9 Å². The number of ether oxygens (including phenoxy) is 1. The Morgan fingerprint density at radius 1 is 1.12 bits per heavy atom. The normalized spacial score (nSPS) is 14.0. The van der Waals surface area contributed by atoms with E-state index < -0.39 is 0 Å². The van der Waals surface area contributed by atoms with Gasteiger partial charge in [-0.1, -0.05) is 28.9 Å². The molecule has 0 radical (unpaired) electrons. The molecule has 2 aromatic rings. The van der Waals surface area contributed by atoms with Crippen LogP contribution < -0.4 is 15.4 Å². The van der Waals surface area contributed by atoms with Gasteiger partial charge >= 0.3 is 0 Å². The van der Waals surface area contributed by atoms with Gasteiger partial charge in [0.05, 0.1) is 12.2 Å². The highest BCUT2D eigenvalue weighted by Gasteiger charge is 2.21. The molecule has 1 aliphatic rings. The lowest BCUT2D eigenvalue weighted by Crippen LogP contribution is -2.47. The maximum atomic E-state index is 12.8. The van der Waals surface area contributed by atoms with Gasteiger partial charge < -0.3 is 19.9 Å². The lowest BCUT2D eigenvalue weighted by Gasteiger charge is -2.32. The molecule has 1 aliphatic heterocycles. The van der Waals surface area contributed by atoms with Crippen LogP contribution in [0.25, 0.3) is 0 Å². The summed E-state index contributed by atoms with van der Waals surface area (Å²) in [5.41, 5.74) is 1.60. The number of anilines is 1. The lowest BCUT2D eigenvalue weighted by molar-refractivity contribution is 0.0664. The molecule has 2 aromatic carbocycles. The van der Waals surface area contributed by atoms with Crippen molar-refractivity contribution in [1.82, 2.24) is 15.1 Å². The molecule has 0 aliphatic carbocycles. The van der Waals surface area contributed by atoms with Gasteiger partial charge in [0.25, 0.3) is 11.8 Å². The fraction of sp³-hybridized carbons (Fsp3) is 0.348. The van der Waals surface area contributed by atoms with Gasteiger partial charge in [-0.15, -0.1) is 0 Å². The van der Waals surface area contributed by atoms with Crippen LogP contribution in [0.15, 0.2) is 46.9 Å². The number of halogens is 1. The number of hydrogen-bond donors (Lipinski definition) is 2. The third kappa shape index (κ3) is 6.51. The maximum absolute atomic E-state index is 12.8. The standard InChI is InChI=1S/C23H27BrN4O3S/c1-3-13-31-20-8-7-17(24)15-19(20)21(29)26-23(32)25-18-6-4-5-16(14-18)22(30)28-11-9-27(2)10-12-28/h4-8,14-15H,3,9-13H2,1-2H3,(H2,25,26,29,32). The van der Waals surface area contributed by atoms with Crippen molar-refractivity contribution in [2.45, 2.75) is 13.3 Å². The molecule has 32 heavy (non-hydrogen) atoms. The zero-order chi connectivity index (χ0) is 23.1. The summed E-state index contributed by atoms with van der Waals surface area (Å²) in [6.45, 7) is 5.64. The Bertz CT molecular complexity index is 993. The lowest BCUT2D eigenvalue weighted by atomic mass is 10.1. The highest BCUT2D eigenvalue weighted by Crippen LogP contribution is 2.23. The summed E-state index contributed by atoms with van der Waals surface area (Å²) in [4.78, 5) is 29.7. The number of carbonyl (C=O) groups excluding carboxylic acids is 2. The van der Waals surface area contributed by atoms with E-state index in [0.29, 0.717) is 42.3 Å². The minimum absolute atomic E-state index is 0.0106. The molecule has 170 valence electrons. The third-order valence-corrected chi connectivity index (χ3v) is 5.73. The van der Waals surface area contributed by atoms with Crippen molar-refractivity contribution < 1.29 is 14.3 Å². The summed E-state index contributed by atoms with van der Waals surface area (Å²) in [5.74, 6) is 0.109. The van der Waals surface area contributed by atoms with Crippen molar-refractivity contribution in [3.63, 3.8) is 0 Å². The zero-order valence-corrected chi connectivity index (χ0v) is 20.6. The second-order valence-corrected chi connectivity index (χ2v) is 8.90. The van der Waals surface area contributed by atoms with Crippen LogP contribution in [0, 0.1) is 0 Å². The molecule has 9 heteroatoms. The first-order chi connectivity index (χ1) is 15.4. The van der Waals surface area contributed by atoms with Crippen LogP contribution in [0.2, 0.25) is 0 Å². The molecule has 0 bridgehead atoms. The monoisotopic (exact) mass is 518 g/mol. The van der Waals surface area contributed by atoms with Gasteiger partial charge in [0.1, 0.15) is 5.75 Å². The van der Waals surface area contributed by atoms with E-state index in [2.05, 4.69) is 38.5 Å². The molecule has 0 saturated carbocycles. The van der Waals surface area contributed by atoms with E-state index in [-0.39, 0.29) is 16.9 Å². The Labute approximate surface area is 202 Å². The van der Waals surface area contributed by atoms with Gasteiger partial charge in [-0.2, -0.15) is 0 Å². The Morgan fingerprint density at radius 3 is 2.59 bits per heavy atom. The molecule has 0 aromatic heterocycles. The number of nitrogens with one attached hydrogen (secondary N) is 2. The summed E-state index contributed by atoms with van der Waals surface area (Å²) in [7, 11) is 2.05. The second-order valence-electron chi connectivity index (χ2n) is 7.57. The number of amides is 2. The van der Waals surface area contributed by atoms with E-state index in [1.54, 1.807) is 36.4 Å². The SMILES string of the molecule is CCCOc1ccc(Br)cc1C(=O)NC(=S)Nc1cccc(C(=O)N2CCN(C)CC2)c1. The van der Waals surface area contributed by atoms with Crippen molar-refractivity contribution in [3.8, 4) is 5.75 Å². The van der Waals surface area contributed by atoms with Crippen LogP contribution in [-0.2, 0) is 0 Å². The summed E-state index contributed by atoms with van der Waals surface area (Å²) in [5, 5.41) is 5.82. The predicted molar refractivity (Wildman–Crippen MR) is 133 cm³/mol. The van der Waals surface area contributed by atoms with Crippen LogP contribution in [-0.4, -0.2) is 66.6 Å². The molecule has 2 N–H and O–H groups in total. The number of carbonyl (C=O) groups is 2. The third-order valence-electron chi connectivity index (χ3n) is 5.03. The van der Waals surface area contributed by atoms with E-state index in [0.717, 1.165) is 24.0 Å². The van der Waals surface area contributed by atoms with Crippen molar-refractivity contribution in [3.05, 3.63) is 58.1 Å². The van der Waals surface area contributed by atoms with Gasteiger partial charge in [0.2, 0.25) is 0 Å². The summed E-state index contributed by atoms with van der Waals surface area (Å²) in [6, 6.07) is 12.4. The molecule has 1 saturated heterocycles. The highest BCUT2D eigenvalue weighted by atomic mass is 79.9. The molecular formula is C23H27BrN4O3S. The maximum Gasteiger partial charge on any atom is 0.261 e. The van der Waals surface area contributed by atoms with Crippen LogP contribution in [0.3, 0.4) is 0 Å². The largest absolute Gasteiger partial charge is 0.493 e. The van der Waals surface area contributed by atoms with Crippen LogP contribution in [0.4, 0.5) is 5.69 Å². The van der Waals surface area contributed by atoms with Crippen LogP contribution >= 0.6 is 28.1 Å². The minimum atomic E-state index is -0.375. The first-order valence-electron chi connectivity index (χ1n) is 10.5. The quantitative estimate of drug-likeness (QED) is 0.567. The van der Waals surface area contributed by atoms with E-state index in [1.165, 1.54) is 0 Å². The van der Waals surface area contributed by atoms with Crippen molar-refractivity contribution in [1.29, 1.82) is 0 Å². The molecule has 7 nitrogen and oxygen atoms in total. The van der Waals surface area contributed by atoms with E-state index in [4.69, 9.17) is 17.0 Å². The zero-order valence-electron chi connectivity index (χ0n) is 18.2. The Hall–Kier alpha value is -2.49. The molecule has 0 spiro atoms.